The van der Waals surface area contributed by atoms with E-state index in [2.05, 4.69) is 9.97 Å². The van der Waals surface area contributed by atoms with Crippen molar-refractivity contribution in [2.45, 2.75) is 12.7 Å². The van der Waals surface area contributed by atoms with Crippen molar-refractivity contribution < 1.29 is 22.0 Å². The number of aromatic nitrogens is 3. The molecule has 3 aromatic heterocycles. The molecule has 124 valence electrons. The molecule has 3 nitrogen and oxygen atoms in total. The standard InChI is InChI=1S/C16H10F5N3/c17-12-3-4-24(8-12)9-13-5-10(6-15(18)23-13)14-2-1-11(7-22-14)16(19,20)21/h1-8H,9H2. The van der Waals surface area contributed by atoms with Gasteiger partial charge in [-0.05, 0) is 24.3 Å². The van der Waals surface area contributed by atoms with Crippen molar-refractivity contribution in [2.24, 2.45) is 0 Å². The summed E-state index contributed by atoms with van der Waals surface area (Å²) in [6.45, 7) is 0.120. The molecule has 8 heteroatoms. The molecule has 0 N–H and O–H groups in total. The molecule has 0 unspecified atom stereocenters. The minimum absolute atomic E-state index is 0.120. The van der Waals surface area contributed by atoms with E-state index in [-0.39, 0.29) is 12.2 Å². The fourth-order valence-corrected chi connectivity index (χ4v) is 2.21. The third-order valence-electron chi connectivity index (χ3n) is 3.29. The second-order valence-corrected chi connectivity index (χ2v) is 5.10. The highest BCUT2D eigenvalue weighted by Crippen LogP contribution is 2.29. The third-order valence-corrected chi connectivity index (χ3v) is 3.29. The number of hydrogen-bond donors (Lipinski definition) is 0. The summed E-state index contributed by atoms with van der Waals surface area (Å²) in [7, 11) is 0. The van der Waals surface area contributed by atoms with Crippen LogP contribution in [-0.4, -0.2) is 14.5 Å². The van der Waals surface area contributed by atoms with E-state index in [1.54, 1.807) is 0 Å². The summed E-state index contributed by atoms with van der Waals surface area (Å²) in [5, 5.41) is 0. The summed E-state index contributed by atoms with van der Waals surface area (Å²) in [6, 6.07) is 5.86. The van der Waals surface area contributed by atoms with E-state index in [4.69, 9.17) is 0 Å². The van der Waals surface area contributed by atoms with E-state index >= 15 is 0 Å². The highest BCUT2D eigenvalue weighted by atomic mass is 19.4. The molecule has 0 atom stereocenters. The normalized spacial score (nSPS) is 11.7. The fraction of sp³-hybridized carbons (Fsp3) is 0.125. The summed E-state index contributed by atoms with van der Waals surface area (Å²) in [4.78, 5) is 7.43. The van der Waals surface area contributed by atoms with Crippen LogP contribution in [0.1, 0.15) is 11.3 Å². The van der Waals surface area contributed by atoms with Crippen LogP contribution in [0, 0.1) is 11.8 Å². The molecular formula is C16H10F5N3. The lowest BCUT2D eigenvalue weighted by molar-refractivity contribution is -0.137. The number of halogens is 5. The topological polar surface area (TPSA) is 30.7 Å². The van der Waals surface area contributed by atoms with Gasteiger partial charge in [0.1, 0.15) is 5.82 Å². The van der Waals surface area contributed by atoms with Crippen LogP contribution in [-0.2, 0) is 12.7 Å². The molecule has 0 radical (unpaired) electrons. The van der Waals surface area contributed by atoms with Gasteiger partial charge in [-0.2, -0.15) is 17.6 Å². The molecule has 0 spiro atoms. The van der Waals surface area contributed by atoms with E-state index < -0.39 is 23.5 Å². The van der Waals surface area contributed by atoms with Crippen molar-refractivity contribution in [1.29, 1.82) is 0 Å². The molecule has 0 saturated heterocycles. The van der Waals surface area contributed by atoms with Crippen LogP contribution < -0.4 is 0 Å². The first-order valence-corrected chi connectivity index (χ1v) is 6.82. The van der Waals surface area contributed by atoms with Crippen LogP contribution in [0.3, 0.4) is 0 Å². The van der Waals surface area contributed by atoms with Crippen LogP contribution in [0.15, 0.2) is 48.9 Å². The molecule has 0 aromatic carbocycles. The summed E-state index contributed by atoms with van der Waals surface area (Å²) < 4.78 is 65.8. The van der Waals surface area contributed by atoms with Gasteiger partial charge >= 0.3 is 6.18 Å². The Bertz CT molecular complexity index is 853. The lowest BCUT2D eigenvalue weighted by Crippen LogP contribution is -2.05. The Kier molecular flexibility index (Phi) is 4.04. The number of alkyl halides is 3. The van der Waals surface area contributed by atoms with Gasteiger partial charge in [-0.3, -0.25) is 4.98 Å². The molecule has 0 aliphatic carbocycles. The summed E-state index contributed by atoms with van der Waals surface area (Å²) in [5.41, 5.74) is -0.116. The van der Waals surface area contributed by atoms with Gasteiger partial charge in [0.25, 0.3) is 0 Å². The number of pyridine rings is 2. The van der Waals surface area contributed by atoms with Crippen molar-refractivity contribution in [3.63, 3.8) is 0 Å². The van der Waals surface area contributed by atoms with Crippen molar-refractivity contribution >= 4 is 0 Å². The first-order chi connectivity index (χ1) is 11.3. The Morgan fingerprint density at radius 3 is 2.42 bits per heavy atom. The van der Waals surface area contributed by atoms with E-state index in [1.807, 2.05) is 0 Å². The molecule has 0 amide bonds. The van der Waals surface area contributed by atoms with Gasteiger partial charge in [0.15, 0.2) is 0 Å². The maximum absolute atomic E-state index is 13.7. The predicted molar refractivity (Wildman–Crippen MR) is 75.9 cm³/mol. The van der Waals surface area contributed by atoms with E-state index in [0.29, 0.717) is 17.5 Å². The zero-order chi connectivity index (χ0) is 17.3. The average Bonchev–Trinajstić information content (AvgIpc) is 2.91. The van der Waals surface area contributed by atoms with Gasteiger partial charge in [0.05, 0.1) is 23.5 Å². The second-order valence-electron chi connectivity index (χ2n) is 5.10. The van der Waals surface area contributed by atoms with Crippen molar-refractivity contribution in [1.82, 2.24) is 14.5 Å². The Morgan fingerprint density at radius 1 is 1.04 bits per heavy atom. The minimum atomic E-state index is -4.49. The van der Waals surface area contributed by atoms with Gasteiger partial charge in [-0.25, -0.2) is 9.37 Å². The van der Waals surface area contributed by atoms with Crippen LogP contribution in [0.5, 0.6) is 0 Å². The molecule has 3 heterocycles. The molecule has 3 rings (SSSR count). The third kappa shape index (κ3) is 3.58. The van der Waals surface area contributed by atoms with Gasteiger partial charge < -0.3 is 4.57 Å². The van der Waals surface area contributed by atoms with Crippen molar-refractivity contribution in [2.75, 3.05) is 0 Å². The quantitative estimate of drug-likeness (QED) is 0.526. The number of rotatable bonds is 3. The lowest BCUT2D eigenvalue weighted by Gasteiger charge is -2.08. The molecule has 24 heavy (non-hydrogen) atoms. The maximum atomic E-state index is 13.7. The van der Waals surface area contributed by atoms with Crippen molar-refractivity contribution in [3.05, 3.63) is 71.9 Å². The van der Waals surface area contributed by atoms with E-state index in [0.717, 1.165) is 18.2 Å². The molecule has 0 aliphatic heterocycles. The Hall–Kier alpha value is -2.77. The van der Waals surface area contributed by atoms with Gasteiger partial charge in [-0.1, -0.05) is 0 Å². The zero-order valence-electron chi connectivity index (χ0n) is 12.1. The largest absolute Gasteiger partial charge is 0.417 e. The zero-order valence-corrected chi connectivity index (χ0v) is 12.1. The maximum Gasteiger partial charge on any atom is 0.417 e. The minimum Gasteiger partial charge on any atom is -0.345 e. The van der Waals surface area contributed by atoms with E-state index in [1.165, 1.54) is 29.1 Å². The summed E-state index contributed by atoms with van der Waals surface area (Å²) >= 11 is 0. The molecule has 0 saturated carbocycles. The van der Waals surface area contributed by atoms with Crippen LogP contribution >= 0.6 is 0 Å². The highest BCUT2D eigenvalue weighted by molar-refractivity contribution is 5.59. The highest BCUT2D eigenvalue weighted by Gasteiger charge is 2.30. The van der Waals surface area contributed by atoms with Crippen molar-refractivity contribution in [3.8, 4) is 11.3 Å². The van der Waals surface area contributed by atoms with Crippen LogP contribution in [0.2, 0.25) is 0 Å². The molecule has 0 bridgehead atoms. The molecule has 3 aromatic rings. The summed E-state index contributed by atoms with van der Waals surface area (Å²) in [5.74, 6) is -1.23. The van der Waals surface area contributed by atoms with Crippen LogP contribution in [0.4, 0.5) is 22.0 Å². The fourth-order valence-electron chi connectivity index (χ4n) is 2.21. The molecule has 0 aliphatic rings. The average molecular weight is 339 g/mol. The van der Waals surface area contributed by atoms with Crippen LogP contribution in [0.25, 0.3) is 11.3 Å². The smallest absolute Gasteiger partial charge is 0.345 e. The lowest BCUT2D eigenvalue weighted by atomic mass is 10.1. The predicted octanol–water partition coefficient (Wildman–Crippen LogP) is 4.29. The number of nitrogens with zero attached hydrogens (tertiary/aromatic N) is 3. The molecule has 0 fully saturated rings. The Labute approximate surface area is 133 Å². The SMILES string of the molecule is Fc1ccn(Cc2cc(-c3ccc(C(F)(F)F)cn3)cc(F)n2)c1. The summed E-state index contributed by atoms with van der Waals surface area (Å²) in [6.07, 6.45) is -1.10. The molecular weight excluding hydrogens is 329 g/mol. The monoisotopic (exact) mass is 339 g/mol. The van der Waals surface area contributed by atoms with Gasteiger partial charge in [0.2, 0.25) is 5.95 Å². The first-order valence-electron chi connectivity index (χ1n) is 6.82. The number of hydrogen-bond acceptors (Lipinski definition) is 2. The Balaban J connectivity index is 1.91. The first kappa shape index (κ1) is 16.1. The van der Waals surface area contributed by atoms with Gasteiger partial charge in [-0.15, -0.1) is 0 Å². The Morgan fingerprint density at radius 2 is 1.83 bits per heavy atom. The van der Waals surface area contributed by atoms with E-state index in [9.17, 15) is 22.0 Å². The van der Waals surface area contributed by atoms with Gasteiger partial charge in [0, 0.05) is 30.2 Å². The second kappa shape index (κ2) is 6.03.